The first-order chi connectivity index (χ1) is 18.5. The van der Waals surface area contributed by atoms with E-state index in [0.717, 1.165) is 36.1 Å². The predicted octanol–water partition coefficient (Wildman–Crippen LogP) is 5.41. The molecule has 0 aliphatic carbocycles. The van der Waals surface area contributed by atoms with Crippen molar-refractivity contribution in [2.24, 2.45) is 0 Å². The van der Waals surface area contributed by atoms with Gasteiger partial charge in [0.2, 0.25) is 16.0 Å². The zero-order valence-corrected chi connectivity index (χ0v) is 25.3. The van der Waals surface area contributed by atoms with E-state index in [1.807, 2.05) is 25.8 Å². The van der Waals surface area contributed by atoms with Crippen LogP contribution in [-0.2, 0) is 20.0 Å². The fourth-order valence-corrected chi connectivity index (χ4v) is 8.25. The molecule has 0 unspecified atom stereocenters. The minimum atomic E-state index is -4.01. The SMILES string of the molecule is CCCN(C)c1nc(NS(=O)(=O)c2ccc(C)cc2Cl)ncc1Sc1ccc(S(=O)(=O)N2CCCCC2)cc1. The van der Waals surface area contributed by atoms with Crippen LogP contribution < -0.4 is 9.62 Å². The van der Waals surface area contributed by atoms with Crippen molar-refractivity contribution >= 4 is 55.2 Å². The Labute approximate surface area is 240 Å². The molecule has 1 aromatic heterocycles. The number of aromatic nitrogens is 2. The van der Waals surface area contributed by atoms with E-state index in [2.05, 4.69) is 14.7 Å². The van der Waals surface area contributed by atoms with Gasteiger partial charge < -0.3 is 4.90 Å². The molecular weight excluding hydrogens is 578 g/mol. The molecule has 0 atom stereocenters. The third-order valence-electron chi connectivity index (χ3n) is 6.26. The molecule has 1 saturated heterocycles. The summed E-state index contributed by atoms with van der Waals surface area (Å²) in [6, 6.07) is 11.5. The predicted molar refractivity (Wildman–Crippen MR) is 156 cm³/mol. The number of hydrogen-bond acceptors (Lipinski definition) is 8. The van der Waals surface area contributed by atoms with Crippen molar-refractivity contribution in [2.75, 3.05) is 36.3 Å². The van der Waals surface area contributed by atoms with Crippen LogP contribution in [0, 0.1) is 6.92 Å². The highest BCUT2D eigenvalue weighted by molar-refractivity contribution is 7.99. The average molecular weight is 610 g/mol. The topological polar surface area (TPSA) is 113 Å². The molecule has 1 fully saturated rings. The molecule has 39 heavy (non-hydrogen) atoms. The molecule has 4 rings (SSSR count). The molecule has 0 amide bonds. The standard InChI is InChI=1S/C26H32ClN5O4S3/c1-4-14-31(3)25-23(18-28-26(29-25)30-38(33,34)24-13-8-19(2)17-22(24)27)37-20-9-11-21(12-10-20)39(35,36)32-15-6-5-7-16-32/h8-13,17-18H,4-7,14-16H2,1-3H3,(H,28,29,30). The lowest BCUT2D eigenvalue weighted by Crippen LogP contribution is -2.35. The van der Waals surface area contributed by atoms with Crippen molar-refractivity contribution in [1.29, 1.82) is 0 Å². The summed E-state index contributed by atoms with van der Waals surface area (Å²) >= 11 is 7.57. The molecule has 1 N–H and O–H groups in total. The minimum Gasteiger partial charge on any atom is -0.359 e. The molecule has 2 heterocycles. The zero-order valence-electron chi connectivity index (χ0n) is 22.1. The molecule has 9 nitrogen and oxygen atoms in total. The number of halogens is 1. The van der Waals surface area contributed by atoms with E-state index < -0.39 is 20.0 Å². The Morgan fingerprint density at radius 1 is 1.05 bits per heavy atom. The van der Waals surface area contributed by atoms with Crippen molar-refractivity contribution in [3.8, 4) is 0 Å². The normalized spacial score (nSPS) is 14.8. The molecule has 210 valence electrons. The lowest BCUT2D eigenvalue weighted by Gasteiger charge is -2.25. The lowest BCUT2D eigenvalue weighted by molar-refractivity contribution is 0.346. The van der Waals surface area contributed by atoms with Crippen LogP contribution >= 0.6 is 23.4 Å². The smallest absolute Gasteiger partial charge is 0.265 e. The van der Waals surface area contributed by atoms with Crippen molar-refractivity contribution in [3.63, 3.8) is 0 Å². The van der Waals surface area contributed by atoms with Gasteiger partial charge in [0.05, 0.1) is 14.8 Å². The molecule has 1 aliphatic heterocycles. The first-order valence-corrected chi connectivity index (χ1v) is 16.8. The molecule has 0 saturated carbocycles. The summed E-state index contributed by atoms with van der Waals surface area (Å²) in [4.78, 5) is 12.4. The Kier molecular flexibility index (Phi) is 9.43. The Morgan fingerprint density at radius 3 is 2.38 bits per heavy atom. The summed E-state index contributed by atoms with van der Waals surface area (Å²) in [7, 11) is -5.65. The van der Waals surface area contributed by atoms with Crippen LogP contribution in [0.4, 0.5) is 11.8 Å². The molecule has 0 radical (unpaired) electrons. The first kappa shape index (κ1) is 29.6. The van der Waals surface area contributed by atoms with Gasteiger partial charge in [-0.3, -0.25) is 0 Å². The highest BCUT2D eigenvalue weighted by Crippen LogP contribution is 2.35. The highest BCUT2D eigenvalue weighted by Gasteiger charge is 2.26. The summed E-state index contributed by atoms with van der Waals surface area (Å²) in [5.74, 6) is 0.478. The van der Waals surface area contributed by atoms with Crippen LogP contribution in [0.1, 0.15) is 38.2 Å². The van der Waals surface area contributed by atoms with Crippen molar-refractivity contribution in [1.82, 2.24) is 14.3 Å². The van der Waals surface area contributed by atoms with Crippen molar-refractivity contribution in [2.45, 2.75) is 59.1 Å². The Balaban J connectivity index is 1.58. The maximum atomic E-state index is 13.0. The van der Waals surface area contributed by atoms with E-state index in [0.29, 0.717) is 30.3 Å². The molecule has 1 aliphatic rings. The number of aryl methyl sites for hydroxylation is 1. The van der Waals surface area contributed by atoms with Gasteiger partial charge in [-0.15, -0.1) is 0 Å². The Hall–Kier alpha value is -2.38. The van der Waals surface area contributed by atoms with Gasteiger partial charge in [0.1, 0.15) is 10.7 Å². The van der Waals surface area contributed by atoms with Gasteiger partial charge in [0.25, 0.3) is 10.0 Å². The highest BCUT2D eigenvalue weighted by atomic mass is 35.5. The van der Waals surface area contributed by atoms with E-state index in [-0.39, 0.29) is 20.8 Å². The summed E-state index contributed by atoms with van der Waals surface area (Å²) in [6.07, 6.45) is 5.23. The molecule has 3 aromatic rings. The Morgan fingerprint density at radius 2 is 1.74 bits per heavy atom. The molecule has 13 heteroatoms. The van der Waals surface area contributed by atoms with Gasteiger partial charge in [-0.05, 0) is 68.1 Å². The minimum absolute atomic E-state index is 0.0557. The van der Waals surface area contributed by atoms with Gasteiger partial charge in [0, 0.05) is 37.8 Å². The van der Waals surface area contributed by atoms with Crippen LogP contribution in [0.5, 0.6) is 0 Å². The summed E-state index contributed by atoms with van der Waals surface area (Å²) in [5, 5.41) is 0.115. The summed E-state index contributed by atoms with van der Waals surface area (Å²) in [5.41, 5.74) is 0.845. The second-order valence-electron chi connectivity index (χ2n) is 9.38. The van der Waals surface area contributed by atoms with E-state index in [1.54, 1.807) is 46.9 Å². The summed E-state index contributed by atoms with van der Waals surface area (Å²) in [6.45, 7) is 5.65. The Bertz CT molecular complexity index is 1530. The van der Waals surface area contributed by atoms with Gasteiger partial charge in [-0.25, -0.2) is 26.5 Å². The van der Waals surface area contributed by atoms with Crippen LogP contribution in [-0.4, -0.2) is 57.8 Å². The number of piperidine rings is 1. The summed E-state index contributed by atoms with van der Waals surface area (Å²) < 4.78 is 56.0. The van der Waals surface area contributed by atoms with Crippen molar-refractivity contribution in [3.05, 3.63) is 59.2 Å². The number of hydrogen-bond donors (Lipinski definition) is 1. The fourth-order valence-electron chi connectivity index (χ4n) is 4.26. The number of nitrogens with zero attached hydrogens (tertiary/aromatic N) is 4. The van der Waals surface area contributed by atoms with E-state index >= 15 is 0 Å². The average Bonchev–Trinajstić information content (AvgIpc) is 2.90. The van der Waals surface area contributed by atoms with Gasteiger partial charge in [0.15, 0.2) is 0 Å². The van der Waals surface area contributed by atoms with Gasteiger partial charge in [-0.1, -0.05) is 42.8 Å². The molecule has 0 spiro atoms. The third-order valence-corrected chi connectivity index (χ3v) is 11.0. The second kappa shape index (κ2) is 12.4. The van der Waals surface area contributed by atoms with E-state index in [1.165, 1.54) is 17.8 Å². The van der Waals surface area contributed by atoms with Crippen LogP contribution in [0.3, 0.4) is 0 Å². The van der Waals surface area contributed by atoms with E-state index in [4.69, 9.17) is 11.6 Å². The number of benzene rings is 2. The lowest BCUT2D eigenvalue weighted by atomic mass is 10.2. The van der Waals surface area contributed by atoms with Gasteiger partial charge in [-0.2, -0.15) is 9.29 Å². The van der Waals surface area contributed by atoms with Crippen LogP contribution in [0.2, 0.25) is 5.02 Å². The van der Waals surface area contributed by atoms with E-state index in [9.17, 15) is 16.8 Å². The van der Waals surface area contributed by atoms with Crippen molar-refractivity contribution < 1.29 is 16.8 Å². The van der Waals surface area contributed by atoms with Gasteiger partial charge >= 0.3 is 0 Å². The number of anilines is 2. The van der Waals surface area contributed by atoms with Crippen LogP contribution in [0.15, 0.2) is 68.2 Å². The van der Waals surface area contributed by atoms with Crippen LogP contribution in [0.25, 0.3) is 0 Å². The molecule has 2 aromatic carbocycles. The monoisotopic (exact) mass is 609 g/mol. The second-order valence-corrected chi connectivity index (χ2v) is 14.5. The molecular formula is C26H32ClN5O4S3. The zero-order chi connectivity index (χ0) is 28.2. The number of nitrogens with one attached hydrogen (secondary N) is 1. The fraction of sp³-hybridized carbons (Fsp3) is 0.385. The largest absolute Gasteiger partial charge is 0.359 e. The molecule has 0 bridgehead atoms. The number of rotatable bonds is 10. The quantitative estimate of drug-likeness (QED) is 0.325. The maximum Gasteiger partial charge on any atom is 0.265 e. The first-order valence-electron chi connectivity index (χ1n) is 12.7. The maximum absolute atomic E-state index is 13.0. The number of sulfonamides is 2. The third kappa shape index (κ3) is 7.04.